The SMILES string of the molecule is Cc1ccc(-n2ncc3c2ncn2nc(-c4ccco4)nc32)cc1C. The number of hydrogen-bond donors (Lipinski definition) is 0. The van der Waals surface area contributed by atoms with Crippen LogP contribution in [0, 0.1) is 13.8 Å². The molecule has 7 heteroatoms. The zero-order valence-electron chi connectivity index (χ0n) is 13.7. The molecule has 0 N–H and O–H groups in total. The predicted molar refractivity (Wildman–Crippen MR) is 92.6 cm³/mol. The number of aryl methyl sites for hydroxylation is 2. The first kappa shape index (κ1) is 13.9. The zero-order valence-corrected chi connectivity index (χ0v) is 13.7. The number of furan rings is 1. The van der Waals surface area contributed by atoms with Gasteiger partial charge in [-0.05, 0) is 49.2 Å². The highest BCUT2D eigenvalue weighted by Gasteiger charge is 2.15. The van der Waals surface area contributed by atoms with E-state index in [-0.39, 0.29) is 0 Å². The highest BCUT2D eigenvalue weighted by molar-refractivity contribution is 5.89. The van der Waals surface area contributed by atoms with E-state index in [9.17, 15) is 0 Å². The van der Waals surface area contributed by atoms with Crippen LogP contribution in [-0.2, 0) is 0 Å². The van der Waals surface area contributed by atoms with Gasteiger partial charge >= 0.3 is 0 Å². The largest absolute Gasteiger partial charge is 0.461 e. The molecule has 4 heterocycles. The van der Waals surface area contributed by atoms with Crippen LogP contribution in [0.25, 0.3) is 34.0 Å². The van der Waals surface area contributed by atoms with Crippen molar-refractivity contribution in [1.82, 2.24) is 29.4 Å². The fourth-order valence-corrected chi connectivity index (χ4v) is 2.88. The number of fused-ring (bicyclic) bond motifs is 3. The Morgan fingerprint density at radius 1 is 1.04 bits per heavy atom. The quantitative estimate of drug-likeness (QED) is 0.496. The monoisotopic (exact) mass is 330 g/mol. The second kappa shape index (κ2) is 5.01. The Bertz CT molecular complexity index is 1220. The summed E-state index contributed by atoms with van der Waals surface area (Å²) in [4.78, 5) is 9.11. The van der Waals surface area contributed by atoms with Gasteiger partial charge in [0, 0.05) is 0 Å². The van der Waals surface area contributed by atoms with Crippen LogP contribution in [0.1, 0.15) is 11.1 Å². The maximum absolute atomic E-state index is 5.38. The Labute approximate surface area is 142 Å². The van der Waals surface area contributed by atoms with Crippen LogP contribution in [0.5, 0.6) is 0 Å². The highest BCUT2D eigenvalue weighted by Crippen LogP contribution is 2.23. The third-order valence-electron chi connectivity index (χ3n) is 4.38. The van der Waals surface area contributed by atoms with Crippen molar-refractivity contribution in [2.24, 2.45) is 0 Å². The summed E-state index contributed by atoms with van der Waals surface area (Å²) in [7, 11) is 0. The van der Waals surface area contributed by atoms with Gasteiger partial charge in [-0.15, -0.1) is 5.10 Å². The first-order valence-corrected chi connectivity index (χ1v) is 7.91. The van der Waals surface area contributed by atoms with Crippen LogP contribution in [0.4, 0.5) is 0 Å². The molecule has 0 spiro atoms. The molecular formula is C18H14N6O. The first-order valence-electron chi connectivity index (χ1n) is 7.91. The fraction of sp³-hybridized carbons (Fsp3) is 0.111. The summed E-state index contributed by atoms with van der Waals surface area (Å²) in [6.45, 7) is 4.18. The van der Waals surface area contributed by atoms with Gasteiger partial charge in [-0.1, -0.05) is 6.07 Å². The molecule has 7 nitrogen and oxygen atoms in total. The normalized spacial score (nSPS) is 11.6. The van der Waals surface area contributed by atoms with Crippen LogP contribution < -0.4 is 0 Å². The molecule has 0 aliphatic rings. The van der Waals surface area contributed by atoms with E-state index >= 15 is 0 Å². The van der Waals surface area contributed by atoms with Crippen molar-refractivity contribution >= 4 is 16.7 Å². The minimum Gasteiger partial charge on any atom is -0.461 e. The fourth-order valence-electron chi connectivity index (χ4n) is 2.88. The number of rotatable bonds is 2. The molecule has 0 saturated heterocycles. The third kappa shape index (κ3) is 2.06. The van der Waals surface area contributed by atoms with E-state index in [1.54, 1.807) is 23.3 Å². The highest BCUT2D eigenvalue weighted by atomic mass is 16.3. The summed E-state index contributed by atoms with van der Waals surface area (Å²) in [5, 5.41) is 9.77. The summed E-state index contributed by atoms with van der Waals surface area (Å²) in [5.74, 6) is 1.15. The van der Waals surface area contributed by atoms with Crippen molar-refractivity contribution in [3.8, 4) is 17.3 Å². The number of aromatic nitrogens is 6. The lowest BCUT2D eigenvalue weighted by molar-refractivity contribution is 0.577. The van der Waals surface area contributed by atoms with Crippen LogP contribution in [0.15, 0.2) is 53.5 Å². The first-order chi connectivity index (χ1) is 12.2. The third-order valence-corrected chi connectivity index (χ3v) is 4.38. The maximum atomic E-state index is 5.38. The molecule has 25 heavy (non-hydrogen) atoms. The molecule has 0 radical (unpaired) electrons. The number of nitrogens with zero attached hydrogens (tertiary/aromatic N) is 6. The molecule has 0 fully saturated rings. The zero-order chi connectivity index (χ0) is 17.0. The van der Waals surface area contributed by atoms with Crippen LogP contribution in [-0.4, -0.2) is 29.4 Å². The van der Waals surface area contributed by atoms with Gasteiger partial charge in [-0.2, -0.15) is 5.10 Å². The van der Waals surface area contributed by atoms with Gasteiger partial charge in [0.15, 0.2) is 17.1 Å². The molecule has 0 aliphatic heterocycles. The summed E-state index contributed by atoms with van der Waals surface area (Å²) in [6, 6.07) is 9.87. The maximum Gasteiger partial charge on any atom is 0.217 e. The summed E-state index contributed by atoms with van der Waals surface area (Å²) in [5.41, 5.74) is 4.88. The Morgan fingerprint density at radius 3 is 2.76 bits per heavy atom. The molecular weight excluding hydrogens is 316 g/mol. The van der Waals surface area contributed by atoms with E-state index in [2.05, 4.69) is 46.1 Å². The van der Waals surface area contributed by atoms with Crippen molar-refractivity contribution < 1.29 is 4.42 Å². The summed E-state index contributed by atoms with van der Waals surface area (Å²) in [6.07, 6.45) is 5.02. The second-order valence-corrected chi connectivity index (χ2v) is 5.99. The molecule has 4 aromatic heterocycles. The standard InChI is InChI=1S/C18H14N6O/c1-11-5-6-13(8-12(11)2)24-17-14(9-20-24)18-21-16(15-4-3-7-25-15)22-23(18)10-19-17/h3-10H,1-2H3. The molecule has 1 aromatic carbocycles. The van der Waals surface area contributed by atoms with E-state index in [1.165, 1.54) is 11.1 Å². The molecule has 0 atom stereocenters. The van der Waals surface area contributed by atoms with E-state index in [0.29, 0.717) is 17.2 Å². The predicted octanol–water partition coefficient (Wildman–Crippen LogP) is 3.34. The molecule has 0 amide bonds. The van der Waals surface area contributed by atoms with Crippen molar-refractivity contribution in [1.29, 1.82) is 0 Å². The van der Waals surface area contributed by atoms with Gasteiger partial charge in [0.1, 0.15) is 6.33 Å². The minimum absolute atomic E-state index is 0.526. The Hall–Kier alpha value is -3.48. The average molecular weight is 330 g/mol. The summed E-state index contributed by atoms with van der Waals surface area (Å²) < 4.78 is 8.85. The van der Waals surface area contributed by atoms with E-state index in [1.807, 2.05) is 22.9 Å². The van der Waals surface area contributed by atoms with Gasteiger partial charge in [0.25, 0.3) is 0 Å². The van der Waals surface area contributed by atoms with Gasteiger partial charge in [0.05, 0.1) is 23.5 Å². The van der Waals surface area contributed by atoms with E-state index in [0.717, 1.165) is 16.7 Å². The van der Waals surface area contributed by atoms with Crippen molar-refractivity contribution in [3.05, 3.63) is 60.2 Å². The van der Waals surface area contributed by atoms with Crippen molar-refractivity contribution in [2.45, 2.75) is 13.8 Å². The lowest BCUT2D eigenvalue weighted by Crippen LogP contribution is -1.99. The van der Waals surface area contributed by atoms with Gasteiger partial charge < -0.3 is 4.42 Å². The molecule has 0 unspecified atom stereocenters. The topological polar surface area (TPSA) is 74.0 Å². The number of benzene rings is 1. The van der Waals surface area contributed by atoms with Crippen molar-refractivity contribution in [3.63, 3.8) is 0 Å². The van der Waals surface area contributed by atoms with Crippen LogP contribution >= 0.6 is 0 Å². The number of hydrogen-bond acceptors (Lipinski definition) is 5. The minimum atomic E-state index is 0.526. The Balaban J connectivity index is 1.73. The van der Waals surface area contributed by atoms with E-state index in [4.69, 9.17) is 4.42 Å². The molecule has 0 bridgehead atoms. The van der Waals surface area contributed by atoms with E-state index < -0.39 is 0 Å². The molecule has 122 valence electrons. The second-order valence-electron chi connectivity index (χ2n) is 5.99. The molecule has 0 saturated carbocycles. The Morgan fingerprint density at radius 2 is 1.96 bits per heavy atom. The average Bonchev–Trinajstić information content (AvgIpc) is 3.34. The van der Waals surface area contributed by atoms with Gasteiger partial charge in [-0.3, -0.25) is 0 Å². The van der Waals surface area contributed by atoms with Crippen LogP contribution in [0.3, 0.4) is 0 Å². The van der Waals surface area contributed by atoms with Gasteiger partial charge in [0.2, 0.25) is 5.82 Å². The lowest BCUT2D eigenvalue weighted by Gasteiger charge is -2.06. The molecule has 5 rings (SSSR count). The molecule has 5 aromatic rings. The summed E-state index contributed by atoms with van der Waals surface area (Å²) >= 11 is 0. The van der Waals surface area contributed by atoms with Gasteiger partial charge in [-0.25, -0.2) is 19.2 Å². The smallest absolute Gasteiger partial charge is 0.217 e. The van der Waals surface area contributed by atoms with Crippen molar-refractivity contribution in [2.75, 3.05) is 0 Å². The Kier molecular flexibility index (Phi) is 2.79. The molecule has 0 aliphatic carbocycles. The van der Waals surface area contributed by atoms with Crippen LogP contribution in [0.2, 0.25) is 0 Å². The lowest BCUT2D eigenvalue weighted by atomic mass is 10.1.